The number of benzene rings is 1. The van der Waals surface area contributed by atoms with Crippen LogP contribution in [0.3, 0.4) is 0 Å². The molecule has 0 aliphatic heterocycles. The summed E-state index contributed by atoms with van der Waals surface area (Å²) in [5, 5.41) is 10.2. The van der Waals surface area contributed by atoms with Crippen molar-refractivity contribution in [3.05, 3.63) is 34.6 Å². The van der Waals surface area contributed by atoms with Crippen LogP contribution in [0.4, 0.5) is 4.39 Å². The molecular weight excluding hydrogens is 207 g/mol. The van der Waals surface area contributed by atoms with Gasteiger partial charge in [-0.3, -0.25) is 11.3 Å². The highest BCUT2D eigenvalue weighted by Gasteiger charge is 2.26. The predicted octanol–water partition coefficient (Wildman–Crippen LogP) is 1.15. The van der Waals surface area contributed by atoms with E-state index in [4.69, 9.17) is 17.4 Å². The van der Waals surface area contributed by atoms with Gasteiger partial charge < -0.3 is 5.11 Å². The molecule has 1 aromatic carbocycles. The first-order valence-electron chi connectivity index (χ1n) is 4.09. The zero-order valence-corrected chi connectivity index (χ0v) is 8.48. The summed E-state index contributed by atoms with van der Waals surface area (Å²) in [6.45, 7) is 1.51. The molecule has 0 aliphatic carbocycles. The summed E-state index contributed by atoms with van der Waals surface area (Å²) in [7, 11) is 0. The molecule has 0 fully saturated rings. The highest BCUT2D eigenvalue weighted by atomic mass is 35.5. The van der Waals surface area contributed by atoms with E-state index in [1.54, 1.807) is 0 Å². The van der Waals surface area contributed by atoms with Gasteiger partial charge in [-0.2, -0.15) is 0 Å². The fourth-order valence-electron chi connectivity index (χ4n) is 1.20. The molecule has 0 saturated carbocycles. The van der Waals surface area contributed by atoms with Crippen LogP contribution in [0.15, 0.2) is 18.2 Å². The lowest BCUT2D eigenvalue weighted by Gasteiger charge is -2.23. The summed E-state index contributed by atoms with van der Waals surface area (Å²) in [6, 6.07) is 4.02. The molecule has 0 heterocycles. The Morgan fingerprint density at radius 3 is 2.86 bits per heavy atom. The third-order valence-corrected chi connectivity index (χ3v) is 2.19. The Balaban J connectivity index is 3.10. The van der Waals surface area contributed by atoms with Gasteiger partial charge in [0.2, 0.25) is 0 Å². The Kier molecular flexibility index (Phi) is 3.44. The number of rotatable bonds is 3. The number of hydrogen-bond donors (Lipinski definition) is 3. The fraction of sp³-hybridized carbons (Fsp3) is 0.333. The highest BCUT2D eigenvalue weighted by Crippen LogP contribution is 2.25. The van der Waals surface area contributed by atoms with Gasteiger partial charge >= 0.3 is 0 Å². The van der Waals surface area contributed by atoms with E-state index >= 15 is 0 Å². The molecule has 1 unspecified atom stereocenters. The zero-order chi connectivity index (χ0) is 10.8. The molecule has 1 rings (SSSR count). The molecule has 0 aliphatic rings. The maximum atomic E-state index is 13.3. The van der Waals surface area contributed by atoms with Gasteiger partial charge in [-0.1, -0.05) is 11.6 Å². The first kappa shape index (κ1) is 11.4. The van der Waals surface area contributed by atoms with E-state index in [0.29, 0.717) is 5.02 Å². The molecule has 1 aromatic rings. The van der Waals surface area contributed by atoms with Crippen molar-refractivity contribution >= 4 is 11.6 Å². The van der Waals surface area contributed by atoms with E-state index in [9.17, 15) is 9.50 Å². The number of aliphatic hydroxyl groups is 1. The standard InChI is InChI=1S/C9H12ClFN2O/c1-9(14,5-13-12)7-4-6(10)2-3-8(7)11/h2-4,13-14H,5,12H2,1H3. The quantitative estimate of drug-likeness (QED) is 0.527. The van der Waals surface area contributed by atoms with Crippen LogP contribution in [0.1, 0.15) is 12.5 Å². The van der Waals surface area contributed by atoms with Crippen LogP contribution in [0, 0.1) is 5.82 Å². The van der Waals surface area contributed by atoms with E-state index in [2.05, 4.69) is 5.43 Å². The Morgan fingerprint density at radius 1 is 1.64 bits per heavy atom. The lowest BCUT2D eigenvalue weighted by atomic mass is 9.96. The molecule has 14 heavy (non-hydrogen) atoms. The van der Waals surface area contributed by atoms with Crippen LogP contribution in [0.25, 0.3) is 0 Å². The van der Waals surface area contributed by atoms with E-state index in [-0.39, 0.29) is 12.1 Å². The minimum absolute atomic E-state index is 0.0459. The molecule has 0 bridgehead atoms. The van der Waals surface area contributed by atoms with Gasteiger partial charge in [0.05, 0.1) is 0 Å². The molecule has 3 nitrogen and oxygen atoms in total. The van der Waals surface area contributed by atoms with E-state index in [0.717, 1.165) is 0 Å². The summed E-state index contributed by atoms with van der Waals surface area (Å²) in [6.07, 6.45) is 0. The summed E-state index contributed by atoms with van der Waals surface area (Å²) in [5.41, 5.74) is 1.05. The molecule has 0 saturated heterocycles. The van der Waals surface area contributed by atoms with Gasteiger partial charge in [-0.25, -0.2) is 4.39 Å². The number of hydrazine groups is 1. The second-order valence-electron chi connectivity index (χ2n) is 3.28. The zero-order valence-electron chi connectivity index (χ0n) is 7.72. The Bertz CT molecular complexity index is 331. The van der Waals surface area contributed by atoms with Crippen LogP contribution < -0.4 is 11.3 Å². The minimum atomic E-state index is -1.37. The summed E-state index contributed by atoms with van der Waals surface area (Å²) >= 11 is 5.69. The summed E-state index contributed by atoms with van der Waals surface area (Å²) in [4.78, 5) is 0. The molecule has 0 amide bonds. The van der Waals surface area contributed by atoms with Crippen LogP contribution in [-0.4, -0.2) is 11.7 Å². The first-order chi connectivity index (χ1) is 6.47. The van der Waals surface area contributed by atoms with Crippen molar-refractivity contribution in [1.82, 2.24) is 5.43 Å². The molecule has 5 heteroatoms. The first-order valence-corrected chi connectivity index (χ1v) is 4.46. The van der Waals surface area contributed by atoms with Crippen LogP contribution in [0.5, 0.6) is 0 Å². The van der Waals surface area contributed by atoms with Crippen molar-refractivity contribution in [1.29, 1.82) is 0 Å². The maximum Gasteiger partial charge on any atom is 0.129 e. The number of halogens is 2. The van der Waals surface area contributed by atoms with Gasteiger partial charge in [0, 0.05) is 17.1 Å². The summed E-state index contributed by atoms with van der Waals surface area (Å²) < 4.78 is 13.3. The monoisotopic (exact) mass is 218 g/mol. The molecule has 0 spiro atoms. The smallest absolute Gasteiger partial charge is 0.129 e. The SMILES string of the molecule is CC(O)(CNN)c1cc(Cl)ccc1F. The number of nitrogens with two attached hydrogens (primary N) is 1. The van der Waals surface area contributed by atoms with Crippen molar-refractivity contribution in [2.24, 2.45) is 5.84 Å². The van der Waals surface area contributed by atoms with Gasteiger partial charge in [0.15, 0.2) is 0 Å². The van der Waals surface area contributed by atoms with Crippen molar-refractivity contribution < 1.29 is 9.50 Å². The number of hydrogen-bond acceptors (Lipinski definition) is 3. The van der Waals surface area contributed by atoms with Crippen molar-refractivity contribution in [3.63, 3.8) is 0 Å². The predicted molar refractivity (Wildman–Crippen MR) is 53.2 cm³/mol. The van der Waals surface area contributed by atoms with E-state index in [1.807, 2.05) is 0 Å². The second-order valence-corrected chi connectivity index (χ2v) is 3.72. The molecular formula is C9H12ClFN2O. The Labute approximate surface area is 86.6 Å². The molecule has 0 aromatic heterocycles. The van der Waals surface area contributed by atoms with Gasteiger partial charge in [0.25, 0.3) is 0 Å². The Hall–Kier alpha value is -0.680. The summed E-state index contributed by atoms with van der Waals surface area (Å²) in [5.74, 6) is 4.57. The van der Waals surface area contributed by atoms with Crippen molar-refractivity contribution in [2.45, 2.75) is 12.5 Å². The molecule has 78 valence electrons. The van der Waals surface area contributed by atoms with Gasteiger partial charge in [0.1, 0.15) is 11.4 Å². The van der Waals surface area contributed by atoms with Gasteiger partial charge in [-0.05, 0) is 25.1 Å². The lowest BCUT2D eigenvalue weighted by Crippen LogP contribution is -2.39. The molecule has 0 radical (unpaired) electrons. The van der Waals surface area contributed by atoms with Gasteiger partial charge in [-0.15, -0.1) is 0 Å². The average molecular weight is 219 g/mol. The topological polar surface area (TPSA) is 58.3 Å². The van der Waals surface area contributed by atoms with E-state index in [1.165, 1.54) is 25.1 Å². The van der Waals surface area contributed by atoms with Crippen LogP contribution in [0.2, 0.25) is 5.02 Å². The van der Waals surface area contributed by atoms with E-state index < -0.39 is 11.4 Å². The normalized spacial score (nSPS) is 15.2. The number of nitrogens with one attached hydrogen (secondary N) is 1. The minimum Gasteiger partial charge on any atom is -0.384 e. The second kappa shape index (κ2) is 4.23. The Morgan fingerprint density at radius 2 is 2.29 bits per heavy atom. The maximum absolute atomic E-state index is 13.3. The third kappa shape index (κ3) is 2.42. The molecule has 4 N–H and O–H groups in total. The molecule has 1 atom stereocenters. The average Bonchev–Trinajstić information content (AvgIpc) is 2.09. The lowest BCUT2D eigenvalue weighted by molar-refractivity contribution is 0.0535. The van der Waals surface area contributed by atoms with Crippen molar-refractivity contribution in [3.8, 4) is 0 Å². The van der Waals surface area contributed by atoms with Crippen LogP contribution >= 0.6 is 11.6 Å². The fourth-order valence-corrected chi connectivity index (χ4v) is 1.38. The van der Waals surface area contributed by atoms with Crippen molar-refractivity contribution in [2.75, 3.05) is 6.54 Å². The third-order valence-electron chi connectivity index (χ3n) is 1.95. The largest absolute Gasteiger partial charge is 0.384 e. The van der Waals surface area contributed by atoms with Crippen LogP contribution in [-0.2, 0) is 5.60 Å². The highest BCUT2D eigenvalue weighted by molar-refractivity contribution is 6.30.